The standard InChI is InChI=1S/C10H21N3O3/c1-8(12-6-9(11)10(14)15)7-13-2-4-16-5-3-13/h8-9,12H,2-7,11H2,1H3,(H,14,15). The van der Waals surface area contributed by atoms with Gasteiger partial charge in [-0.2, -0.15) is 0 Å². The van der Waals surface area contributed by atoms with Crippen molar-refractivity contribution < 1.29 is 14.6 Å². The minimum Gasteiger partial charge on any atom is -0.480 e. The van der Waals surface area contributed by atoms with E-state index in [4.69, 9.17) is 15.6 Å². The lowest BCUT2D eigenvalue weighted by molar-refractivity contribution is -0.138. The molecule has 6 heteroatoms. The SMILES string of the molecule is CC(CN1CCOCC1)NCC(N)C(=O)O. The van der Waals surface area contributed by atoms with Gasteiger partial charge in [-0.05, 0) is 6.92 Å². The second-order valence-electron chi connectivity index (χ2n) is 4.17. The Hall–Kier alpha value is -0.690. The highest BCUT2D eigenvalue weighted by molar-refractivity contribution is 5.73. The number of ether oxygens (including phenoxy) is 1. The number of carboxylic acids is 1. The molecule has 0 aromatic heterocycles. The summed E-state index contributed by atoms with van der Waals surface area (Å²) in [5.41, 5.74) is 5.40. The fourth-order valence-corrected chi connectivity index (χ4v) is 1.65. The first-order valence-electron chi connectivity index (χ1n) is 5.61. The molecule has 1 rings (SSSR count). The van der Waals surface area contributed by atoms with Crippen LogP contribution in [0.25, 0.3) is 0 Å². The Morgan fingerprint density at radius 1 is 1.56 bits per heavy atom. The number of rotatable bonds is 6. The maximum absolute atomic E-state index is 10.5. The highest BCUT2D eigenvalue weighted by atomic mass is 16.5. The number of carboxylic acid groups (broad SMARTS) is 1. The van der Waals surface area contributed by atoms with Crippen molar-refractivity contribution >= 4 is 5.97 Å². The Labute approximate surface area is 95.7 Å². The monoisotopic (exact) mass is 231 g/mol. The Kier molecular flexibility index (Phi) is 5.68. The fraction of sp³-hybridized carbons (Fsp3) is 0.900. The molecule has 0 aromatic rings. The lowest BCUT2D eigenvalue weighted by Crippen LogP contribution is -2.48. The van der Waals surface area contributed by atoms with E-state index in [1.54, 1.807) is 0 Å². The number of hydrogen-bond acceptors (Lipinski definition) is 5. The maximum Gasteiger partial charge on any atom is 0.321 e. The molecule has 2 unspecified atom stereocenters. The summed E-state index contributed by atoms with van der Waals surface area (Å²) in [7, 11) is 0. The van der Waals surface area contributed by atoms with Crippen molar-refractivity contribution in [2.24, 2.45) is 5.73 Å². The van der Waals surface area contributed by atoms with Gasteiger partial charge in [0.1, 0.15) is 6.04 Å². The largest absolute Gasteiger partial charge is 0.480 e. The summed E-state index contributed by atoms with van der Waals surface area (Å²) < 4.78 is 5.25. The van der Waals surface area contributed by atoms with Crippen LogP contribution in [0.5, 0.6) is 0 Å². The van der Waals surface area contributed by atoms with Gasteiger partial charge >= 0.3 is 5.97 Å². The summed E-state index contributed by atoms with van der Waals surface area (Å²) >= 11 is 0. The van der Waals surface area contributed by atoms with Crippen molar-refractivity contribution in [1.29, 1.82) is 0 Å². The van der Waals surface area contributed by atoms with E-state index < -0.39 is 12.0 Å². The van der Waals surface area contributed by atoms with Crippen LogP contribution >= 0.6 is 0 Å². The number of carbonyl (C=O) groups is 1. The average molecular weight is 231 g/mol. The predicted octanol–water partition coefficient (Wildman–Crippen LogP) is -1.29. The van der Waals surface area contributed by atoms with E-state index in [2.05, 4.69) is 10.2 Å². The lowest BCUT2D eigenvalue weighted by Gasteiger charge is -2.29. The average Bonchev–Trinajstić information content (AvgIpc) is 2.27. The van der Waals surface area contributed by atoms with Gasteiger partial charge in [-0.3, -0.25) is 9.69 Å². The zero-order chi connectivity index (χ0) is 12.0. The zero-order valence-corrected chi connectivity index (χ0v) is 9.69. The third-order valence-corrected chi connectivity index (χ3v) is 2.64. The summed E-state index contributed by atoms with van der Waals surface area (Å²) in [6.45, 7) is 6.68. The van der Waals surface area contributed by atoms with Crippen LogP contribution in [0.15, 0.2) is 0 Å². The molecule has 0 bridgehead atoms. The third kappa shape index (κ3) is 4.89. The molecule has 94 valence electrons. The molecule has 0 spiro atoms. The number of nitrogens with zero attached hydrogens (tertiary/aromatic N) is 1. The van der Waals surface area contributed by atoms with E-state index >= 15 is 0 Å². The Balaban J connectivity index is 2.14. The molecule has 6 nitrogen and oxygen atoms in total. The van der Waals surface area contributed by atoms with Gasteiger partial charge in [0.05, 0.1) is 13.2 Å². The molecule has 0 radical (unpaired) electrons. The molecule has 1 heterocycles. The van der Waals surface area contributed by atoms with Crippen molar-refractivity contribution in [3.8, 4) is 0 Å². The number of nitrogens with one attached hydrogen (secondary N) is 1. The molecule has 1 aliphatic rings. The van der Waals surface area contributed by atoms with Crippen LogP contribution in [0, 0.1) is 0 Å². The number of hydrogen-bond donors (Lipinski definition) is 3. The molecule has 1 aliphatic heterocycles. The van der Waals surface area contributed by atoms with Gasteiger partial charge in [0, 0.05) is 32.2 Å². The first-order valence-corrected chi connectivity index (χ1v) is 5.61. The molecule has 0 amide bonds. The summed E-state index contributed by atoms with van der Waals surface area (Å²) in [6.07, 6.45) is 0. The van der Waals surface area contributed by atoms with E-state index in [9.17, 15) is 4.79 Å². The normalized spacial score (nSPS) is 21.6. The second-order valence-corrected chi connectivity index (χ2v) is 4.17. The smallest absolute Gasteiger partial charge is 0.321 e. The van der Waals surface area contributed by atoms with Crippen molar-refractivity contribution in [3.05, 3.63) is 0 Å². The summed E-state index contributed by atoms with van der Waals surface area (Å²) in [5, 5.41) is 11.7. The molecular formula is C10H21N3O3. The minimum atomic E-state index is -0.967. The molecule has 1 saturated heterocycles. The topological polar surface area (TPSA) is 87.8 Å². The van der Waals surface area contributed by atoms with Crippen molar-refractivity contribution in [2.75, 3.05) is 39.4 Å². The Morgan fingerprint density at radius 3 is 2.75 bits per heavy atom. The fourth-order valence-electron chi connectivity index (χ4n) is 1.65. The highest BCUT2D eigenvalue weighted by Crippen LogP contribution is 1.98. The summed E-state index contributed by atoms with van der Waals surface area (Å²) in [5.74, 6) is -0.967. The quantitative estimate of drug-likeness (QED) is 0.527. The van der Waals surface area contributed by atoms with Crippen LogP contribution in [0.1, 0.15) is 6.92 Å². The Morgan fingerprint density at radius 2 is 2.19 bits per heavy atom. The van der Waals surface area contributed by atoms with E-state index in [0.29, 0.717) is 6.54 Å². The van der Waals surface area contributed by atoms with Crippen LogP contribution < -0.4 is 11.1 Å². The van der Waals surface area contributed by atoms with Crippen molar-refractivity contribution in [2.45, 2.75) is 19.0 Å². The first kappa shape index (κ1) is 13.4. The van der Waals surface area contributed by atoms with E-state index in [-0.39, 0.29) is 6.04 Å². The molecule has 0 aromatic carbocycles. The molecule has 0 aliphatic carbocycles. The highest BCUT2D eigenvalue weighted by Gasteiger charge is 2.16. The third-order valence-electron chi connectivity index (χ3n) is 2.64. The predicted molar refractivity (Wildman–Crippen MR) is 60.3 cm³/mol. The first-order chi connectivity index (χ1) is 7.59. The van der Waals surface area contributed by atoms with Gasteiger partial charge in [-0.15, -0.1) is 0 Å². The van der Waals surface area contributed by atoms with Gasteiger partial charge in [0.25, 0.3) is 0 Å². The maximum atomic E-state index is 10.5. The molecule has 2 atom stereocenters. The minimum absolute atomic E-state index is 0.239. The molecule has 1 fully saturated rings. The lowest BCUT2D eigenvalue weighted by atomic mass is 10.2. The van der Waals surface area contributed by atoms with Crippen LogP contribution in [0.2, 0.25) is 0 Å². The van der Waals surface area contributed by atoms with Crippen LogP contribution in [0.4, 0.5) is 0 Å². The van der Waals surface area contributed by atoms with Gasteiger partial charge in [-0.25, -0.2) is 0 Å². The van der Waals surface area contributed by atoms with Crippen LogP contribution in [-0.2, 0) is 9.53 Å². The van der Waals surface area contributed by atoms with Gasteiger partial charge in [0.15, 0.2) is 0 Å². The molecule has 0 saturated carbocycles. The van der Waals surface area contributed by atoms with Crippen molar-refractivity contribution in [3.63, 3.8) is 0 Å². The summed E-state index contributed by atoms with van der Waals surface area (Å²) in [4.78, 5) is 12.8. The van der Waals surface area contributed by atoms with Crippen molar-refractivity contribution in [1.82, 2.24) is 10.2 Å². The Bertz CT molecular complexity index is 219. The van der Waals surface area contributed by atoms with Gasteiger partial charge in [0.2, 0.25) is 0 Å². The number of aliphatic carboxylic acids is 1. The molecule has 4 N–H and O–H groups in total. The van der Waals surface area contributed by atoms with E-state index in [0.717, 1.165) is 32.8 Å². The second kappa shape index (κ2) is 6.80. The van der Waals surface area contributed by atoms with E-state index in [1.165, 1.54) is 0 Å². The van der Waals surface area contributed by atoms with E-state index in [1.807, 2.05) is 6.92 Å². The summed E-state index contributed by atoms with van der Waals surface area (Å²) in [6, 6.07) is -0.587. The van der Waals surface area contributed by atoms with Crippen LogP contribution in [-0.4, -0.2) is 67.5 Å². The number of nitrogens with two attached hydrogens (primary N) is 1. The number of morpholine rings is 1. The van der Waals surface area contributed by atoms with Crippen LogP contribution in [0.3, 0.4) is 0 Å². The molecule has 16 heavy (non-hydrogen) atoms. The zero-order valence-electron chi connectivity index (χ0n) is 9.69. The molecular weight excluding hydrogens is 210 g/mol. The van der Waals surface area contributed by atoms with Gasteiger partial charge in [-0.1, -0.05) is 0 Å². The van der Waals surface area contributed by atoms with Gasteiger partial charge < -0.3 is 20.9 Å².